The lowest BCUT2D eigenvalue weighted by Gasteiger charge is -2.31. The minimum absolute atomic E-state index is 0.173. The van der Waals surface area contributed by atoms with E-state index in [2.05, 4.69) is 6.92 Å². The van der Waals surface area contributed by atoms with E-state index in [1.165, 1.54) is 0 Å². The van der Waals surface area contributed by atoms with Gasteiger partial charge in [-0.25, -0.2) is 4.79 Å². The summed E-state index contributed by atoms with van der Waals surface area (Å²) in [4.78, 5) is 23.6. The molecule has 0 heterocycles. The monoisotopic (exact) mass is 302 g/mol. The molecule has 0 aromatic heterocycles. The molecule has 1 atom stereocenters. The molecule has 0 saturated carbocycles. The largest absolute Gasteiger partial charge is 0.508 e. The number of ether oxygens (including phenoxy) is 3. The molecule has 124 valence electrons. The Morgan fingerprint density at radius 1 is 0.810 bits per heavy atom. The lowest BCUT2D eigenvalue weighted by Crippen LogP contribution is -2.35. The SMILES string of the molecule is CCCCC(CCC)(CCOC(=O)OCC)C(=O)OCC. The lowest BCUT2D eigenvalue weighted by atomic mass is 9.76. The molecule has 0 rings (SSSR count). The van der Waals surface area contributed by atoms with Gasteiger partial charge in [-0.05, 0) is 33.1 Å². The molecule has 0 spiro atoms. The van der Waals surface area contributed by atoms with Gasteiger partial charge in [0.1, 0.15) is 0 Å². The average Bonchev–Trinajstić information content (AvgIpc) is 2.45. The van der Waals surface area contributed by atoms with Crippen LogP contribution in [0.1, 0.15) is 66.2 Å². The van der Waals surface area contributed by atoms with Gasteiger partial charge in [0.15, 0.2) is 0 Å². The molecule has 0 radical (unpaired) electrons. The summed E-state index contributed by atoms with van der Waals surface area (Å²) in [5.41, 5.74) is -0.548. The summed E-state index contributed by atoms with van der Waals surface area (Å²) in [5.74, 6) is -0.173. The first-order valence-electron chi connectivity index (χ1n) is 8.03. The van der Waals surface area contributed by atoms with E-state index in [-0.39, 0.29) is 19.2 Å². The molecule has 0 aromatic carbocycles. The van der Waals surface area contributed by atoms with Crippen LogP contribution in [0.25, 0.3) is 0 Å². The van der Waals surface area contributed by atoms with Crippen LogP contribution in [-0.2, 0) is 19.0 Å². The van der Waals surface area contributed by atoms with Crippen LogP contribution in [0.4, 0.5) is 4.79 Å². The summed E-state index contributed by atoms with van der Waals surface area (Å²) in [6.07, 6.45) is 4.19. The van der Waals surface area contributed by atoms with E-state index in [0.717, 1.165) is 32.1 Å². The third-order valence-corrected chi connectivity index (χ3v) is 3.51. The number of hydrogen-bond acceptors (Lipinski definition) is 5. The smallest absolute Gasteiger partial charge is 0.466 e. The number of rotatable bonds is 11. The van der Waals surface area contributed by atoms with Crippen LogP contribution in [0, 0.1) is 5.41 Å². The molecule has 0 bridgehead atoms. The Labute approximate surface area is 128 Å². The van der Waals surface area contributed by atoms with Crippen molar-refractivity contribution in [3.8, 4) is 0 Å². The topological polar surface area (TPSA) is 61.8 Å². The number of carbonyl (C=O) groups excluding carboxylic acids is 2. The fraction of sp³-hybridized carbons (Fsp3) is 0.875. The lowest BCUT2D eigenvalue weighted by molar-refractivity contribution is -0.158. The summed E-state index contributed by atoms with van der Waals surface area (Å²) in [7, 11) is 0. The van der Waals surface area contributed by atoms with Crippen molar-refractivity contribution < 1.29 is 23.8 Å². The number of esters is 1. The van der Waals surface area contributed by atoms with Gasteiger partial charge in [-0.3, -0.25) is 4.79 Å². The Bertz CT molecular complexity index is 303. The Morgan fingerprint density at radius 3 is 2.00 bits per heavy atom. The van der Waals surface area contributed by atoms with Crippen molar-refractivity contribution in [2.75, 3.05) is 19.8 Å². The standard InChI is InChI=1S/C16H30O5/c1-5-9-11-16(10-6-2,14(17)19-7-3)12-13-21-15(18)20-8-4/h5-13H2,1-4H3. The van der Waals surface area contributed by atoms with E-state index in [4.69, 9.17) is 14.2 Å². The van der Waals surface area contributed by atoms with Crippen molar-refractivity contribution in [3.05, 3.63) is 0 Å². The molecular weight excluding hydrogens is 272 g/mol. The fourth-order valence-corrected chi connectivity index (χ4v) is 2.45. The molecule has 0 aliphatic heterocycles. The summed E-state index contributed by atoms with van der Waals surface area (Å²) < 4.78 is 15.0. The second-order valence-electron chi connectivity index (χ2n) is 5.14. The molecule has 0 aliphatic rings. The highest BCUT2D eigenvalue weighted by molar-refractivity contribution is 5.76. The van der Waals surface area contributed by atoms with Gasteiger partial charge in [0.05, 0.1) is 25.2 Å². The molecule has 0 amide bonds. The quantitative estimate of drug-likeness (QED) is 0.538. The Morgan fingerprint density at radius 2 is 1.48 bits per heavy atom. The number of hydrogen-bond donors (Lipinski definition) is 0. The molecule has 5 nitrogen and oxygen atoms in total. The zero-order valence-electron chi connectivity index (χ0n) is 13.9. The summed E-state index contributed by atoms with van der Waals surface area (Å²) in [6.45, 7) is 8.51. The minimum atomic E-state index is -0.678. The van der Waals surface area contributed by atoms with Crippen LogP contribution >= 0.6 is 0 Å². The third-order valence-electron chi connectivity index (χ3n) is 3.51. The Balaban J connectivity index is 4.73. The molecule has 0 aliphatic carbocycles. The van der Waals surface area contributed by atoms with Crippen molar-refractivity contribution in [1.29, 1.82) is 0 Å². The maximum atomic E-state index is 12.4. The maximum absolute atomic E-state index is 12.4. The maximum Gasteiger partial charge on any atom is 0.508 e. The molecule has 0 fully saturated rings. The highest BCUT2D eigenvalue weighted by Gasteiger charge is 2.38. The zero-order chi connectivity index (χ0) is 16.1. The van der Waals surface area contributed by atoms with Gasteiger partial charge in [0, 0.05) is 0 Å². The van der Waals surface area contributed by atoms with Crippen LogP contribution < -0.4 is 0 Å². The zero-order valence-corrected chi connectivity index (χ0v) is 13.9. The van der Waals surface area contributed by atoms with E-state index in [9.17, 15) is 9.59 Å². The van der Waals surface area contributed by atoms with Gasteiger partial charge < -0.3 is 14.2 Å². The second-order valence-corrected chi connectivity index (χ2v) is 5.14. The van der Waals surface area contributed by atoms with Gasteiger partial charge in [0.25, 0.3) is 0 Å². The predicted octanol–water partition coefficient (Wildman–Crippen LogP) is 4.09. The van der Waals surface area contributed by atoms with Gasteiger partial charge in [0.2, 0.25) is 0 Å². The van der Waals surface area contributed by atoms with E-state index < -0.39 is 11.6 Å². The number of carbonyl (C=O) groups is 2. The van der Waals surface area contributed by atoms with Crippen LogP contribution in [0.5, 0.6) is 0 Å². The molecule has 0 aromatic rings. The average molecular weight is 302 g/mol. The van der Waals surface area contributed by atoms with Crippen molar-refractivity contribution >= 4 is 12.1 Å². The normalized spacial score (nSPS) is 13.3. The predicted molar refractivity (Wildman–Crippen MR) is 81.1 cm³/mol. The number of unbranched alkanes of at least 4 members (excludes halogenated alkanes) is 1. The molecule has 1 unspecified atom stereocenters. The van der Waals surface area contributed by atoms with E-state index in [1.54, 1.807) is 6.92 Å². The first-order valence-corrected chi connectivity index (χ1v) is 8.03. The Kier molecular flexibility index (Phi) is 10.7. The highest BCUT2D eigenvalue weighted by atomic mass is 16.7. The summed E-state index contributed by atoms with van der Waals surface area (Å²) >= 11 is 0. The first-order chi connectivity index (χ1) is 10.1. The van der Waals surface area contributed by atoms with Gasteiger partial charge in [-0.1, -0.05) is 33.1 Å². The summed E-state index contributed by atoms with van der Waals surface area (Å²) in [5, 5.41) is 0. The third kappa shape index (κ3) is 7.34. The van der Waals surface area contributed by atoms with Crippen LogP contribution in [-0.4, -0.2) is 31.9 Å². The molecular formula is C16H30O5. The Hall–Kier alpha value is -1.26. The van der Waals surface area contributed by atoms with E-state index in [1.807, 2.05) is 13.8 Å². The molecule has 5 heteroatoms. The van der Waals surface area contributed by atoms with Crippen molar-refractivity contribution in [3.63, 3.8) is 0 Å². The fourth-order valence-electron chi connectivity index (χ4n) is 2.45. The van der Waals surface area contributed by atoms with Gasteiger partial charge in [-0.15, -0.1) is 0 Å². The molecule has 0 N–H and O–H groups in total. The highest BCUT2D eigenvalue weighted by Crippen LogP contribution is 2.36. The second kappa shape index (κ2) is 11.4. The minimum Gasteiger partial charge on any atom is -0.466 e. The van der Waals surface area contributed by atoms with Crippen molar-refractivity contribution in [1.82, 2.24) is 0 Å². The van der Waals surface area contributed by atoms with Gasteiger partial charge in [-0.2, -0.15) is 0 Å². The van der Waals surface area contributed by atoms with E-state index >= 15 is 0 Å². The summed E-state index contributed by atoms with van der Waals surface area (Å²) in [6, 6.07) is 0. The van der Waals surface area contributed by atoms with Crippen LogP contribution in [0.15, 0.2) is 0 Å². The van der Waals surface area contributed by atoms with Crippen LogP contribution in [0.3, 0.4) is 0 Å². The van der Waals surface area contributed by atoms with Crippen molar-refractivity contribution in [2.24, 2.45) is 5.41 Å². The van der Waals surface area contributed by atoms with Gasteiger partial charge >= 0.3 is 12.1 Å². The molecule has 21 heavy (non-hydrogen) atoms. The van der Waals surface area contributed by atoms with E-state index in [0.29, 0.717) is 13.0 Å². The first kappa shape index (κ1) is 19.7. The van der Waals surface area contributed by atoms with Crippen LogP contribution in [0.2, 0.25) is 0 Å². The van der Waals surface area contributed by atoms with Crippen molar-refractivity contribution in [2.45, 2.75) is 66.2 Å². The molecule has 0 saturated heterocycles.